The molecular formula is C10H15NO5. The zero-order valence-electron chi connectivity index (χ0n) is 9.05. The summed E-state index contributed by atoms with van der Waals surface area (Å²) in [6.07, 6.45) is 0.752. The molecule has 0 bridgehead atoms. The smallest absolute Gasteiger partial charge is 0.333 e. The van der Waals surface area contributed by atoms with Crippen LogP contribution in [0.4, 0.5) is 0 Å². The van der Waals surface area contributed by atoms with E-state index < -0.39 is 18.0 Å². The number of carboxylic acid groups (broad SMARTS) is 2. The molecule has 6 heteroatoms. The quantitative estimate of drug-likeness (QED) is 0.649. The van der Waals surface area contributed by atoms with Gasteiger partial charge in [0.25, 0.3) is 0 Å². The van der Waals surface area contributed by atoms with Crippen molar-refractivity contribution >= 4 is 11.9 Å². The fourth-order valence-corrected chi connectivity index (χ4v) is 1.66. The molecule has 90 valence electrons. The monoisotopic (exact) mass is 229 g/mol. The minimum atomic E-state index is -1.24. The van der Waals surface area contributed by atoms with Crippen LogP contribution >= 0.6 is 0 Å². The van der Waals surface area contributed by atoms with Crippen molar-refractivity contribution in [3.63, 3.8) is 0 Å². The minimum absolute atomic E-state index is 0.102. The van der Waals surface area contributed by atoms with E-state index in [-0.39, 0.29) is 5.57 Å². The summed E-state index contributed by atoms with van der Waals surface area (Å²) in [5.74, 6) is -2.43. The average Bonchev–Trinajstić information content (AvgIpc) is 2.25. The van der Waals surface area contributed by atoms with Crippen molar-refractivity contribution in [2.24, 2.45) is 0 Å². The first-order valence-electron chi connectivity index (χ1n) is 5.02. The Bertz CT molecular complexity index is 306. The maximum atomic E-state index is 10.9. The number of carboxylic acids is 2. The first kappa shape index (κ1) is 12.7. The Balaban J connectivity index is 2.77. The zero-order valence-corrected chi connectivity index (χ0v) is 9.05. The molecule has 0 spiro atoms. The van der Waals surface area contributed by atoms with Gasteiger partial charge in [-0.3, -0.25) is 4.90 Å². The van der Waals surface area contributed by atoms with Crippen LogP contribution in [-0.4, -0.2) is 59.4 Å². The van der Waals surface area contributed by atoms with Gasteiger partial charge in [0.05, 0.1) is 18.8 Å². The normalized spacial score (nSPS) is 20.4. The van der Waals surface area contributed by atoms with Gasteiger partial charge in [0, 0.05) is 25.2 Å². The number of morpholine rings is 1. The number of ether oxygens (including phenoxy) is 1. The van der Waals surface area contributed by atoms with Gasteiger partial charge in [-0.15, -0.1) is 0 Å². The van der Waals surface area contributed by atoms with E-state index in [0.29, 0.717) is 26.3 Å². The van der Waals surface area contributed by atoms with Gasteiger partial charge in [-0.25, -0.2) is 9.59 Å². The zero-order chi connectivity index (χ0) is 12.1. The van der Waals surface area contributed by atoms with Gasteiger partial charge in [0.15, 0.2) is 0 Å². The van der Waals surface area contributed by atoms with E-state index in [1.54, 1.807) is 6.92 Å². The number of nitrogens with zero attached hydrogens (tertiary/aromatic N) is 1. The maximum Gasteiger partial charge on any atom is 0.333 e. The van der Waals surface area contributed by atoms with Crippen molar-refractivity contribution in [1.82, 2.24) is 4.90 Å². The Hall–Kier alpha value is -1.40. The second-order valence-electron chi connectivity index (χ2n) is 3.57. The highest BCUT2D eigenvalue weighted by Crippen LogP contribution is 2.12. The predicted octanol–water partition coefficient (Wildman–Crippen LogP) is -0.197. The van der Waals surface area contributed by atoms with Crippen LogP contribution in [0.25, 0.3) is 0 Å². The molecule has 6 nitrogen and oxygen atoms in total. The summed E-state index contributed by atoms with van der Waals surface area (Å²) in [4.78, 5) is 23.3. The van der Waals surface area contributed by atoms with Crippen LogP contribution in [0.5, 0.6) is 0 Å². The molecule has 0 aromatic carbocycles. The molecule has 1 atom stereocenters. The van der Waals surface area contributed by atoms with Crippen LogP contribution in [0.3, 0.4) is 0 Å². The molecule has 1 rings (SSSR count). The predicted molar refractivity (Wildman–Crippen MR) is 55.2 cm³/mol. The third-order valence-corrected chi connectivity index (χ3v) is 2.57. The lowest BCUT2D eigenvalue weighted by molar-refractivity contribution is -0.135. The highest BCUT2D eigenvalue weighted by Gasteiger charge is 2.25. The van der Waals surface area contributed by atoms with E-state index in [9.17, 15) is 9.59 Å². The summed E-state index contributed by atoms with van der Waals surface area (Å²) < 4.78 is 5.15. The Kier molecular flexibility index (Phi) is 4.45. The van der Waals surface area contributed by atoms with Gasteiger partial charge >= 0.3 is 11.9 Å². The van der Waals surface area contributed by atoms with Crippen molar-refractivity contribution in [3.05, 3.63) is 11.6 Å². The second kappa shape index (κ2) is 5.62. The van der Waals surface area contributed by atoms with E-state index in [2.05, 4.69) is 0 Å². The van der Waals surface area contributed by atoms with Gasteiger partial charge < -0.3 is 14.9 Å². The van der Waals surface area contributed by atoms with Crippen molar-refractivity contribution in [2.45, 2.75) is 13.0 Å². The first-order chi connectivity index (χ1) is 7.52. The maximum absolute atomic E-state index is 10.9. The summed E-state index contributed by atoms with van der Waals surface area (Å²) in [5, 5.41) is 17.5. The molecule has 2 N–H and O–H groups in total. The van der Waals surface area contributed by atoms with E-state index in [1.807, 2.05) is 4.90 Å². The number of hydrogen-bond donors (Lipinski definition) is 2. The van der Waals surface area contributed by atoms with Crippen molar-refractivity contribution in [1.29, 1.82) is 0 Å². The minimum Gasteiger partial charge on any atom is -0.478 e. The lowest BCUT2D eigenvalue weighted by Gasteiger charge is -2.32. The molecule has 1 aliphatic rings. The molecule has 1 aliphatic heterocycles. The molecule has 0 saturated carbocycles. The topological polar surface area (TPSA) is 87.1 Å². The number of hydrogen-bond acceptors (Lipinski definition) is 4. The van der Waals surface area contributed by atoms with Gasteiger partial charge in [0.2, 0.25) is 0 Å². The second-order valence-corrected chi connectivity index (χ2v) is 3.57. The molecule has 0 aromatic heterocycles. The Morgan fingerprint density at radius 3 is 2.31 bits per heavy atom. The fourth-order valence-electron chi connectivity index (χ4n) is 1.66. The lowest BCUT2D eigenvalue weighted by Crippen LogP contribution is -2.44. The highest BCUT2D eigenvalue weighted by atomic mass is 16.5. The molecule has 0 aromatic rings. The summed E-state index contributed by atoms with van der Waals surface area (Å²) in [7, 11) is 0. The molecule has 1 fully saturated rings. The Morgan fingerprint density at radius 1 is 1.31 bits per heavy atom. The van der Waals surface area contributed by atoms with E-state index in [4.69, 9.17) is 14.9 Å². The van der Waals surface area contributed by atoms with E-state index in [1.165, 1.54) is 0 Å². The lowest BCUT2D eigenvalue weighted by atomic mass is 10.1. The van der Waals surface area contributed by atoms with E-state index >= 15 is 0 Å². The van der Waals surface area contributed by atoms with E-state index in [0.717, 1.165) is 6.08 Å². The summed E-state index contributed by atoms with van der Waals surface area (Å²) >= 11 is 0. The van der Waals surface area contributed by atoms with Gasteiger partial charge in [0.1, 0.15) is 0 Å². The summed E-state index contributed by atoms with van der Waals surface area (Å²) in [6, 6.07) is -0.419. The fraction of sp³-hybridized carbons (Fsp3) is 0.600. The Labute approximate surface area is 93.1 Å². The van der Waals surface area contributed by atoms with Crippen molar-refractivity contribution in [2.75, 3.05) is 26.3 Å². The third-order valence-electron chi connectivity index (χ3n) is 2.57. The molecular weight excluding hydrogens is 214 g/mol. The number of carbonyl (C=O) groups is 2. The standard InChI is InChI=1S/C10H15NO5/c1-7(11-2-4-16-5-3-11)8(10(14)15)6-9(12)13/h6-7H,2-5H2,1H3,(H,12,13)(H,14,15)/b8-6+. The molecule has 1 unspecified atom stereocenters. The molecule has 1 saturated heterocycles. The largest absolute Gasteiger partial charge is 0.478 e. The van der Waals surface area contributed by atoms with Crippen LogP contribution in [0.1, 0.15) is 6.92 Å². The van der Waals surface area contributed by atoms with Crippen LogP contribution < -0.4 is 0 Å². The molecule has 0 radical (unpaired) electrons. The average molecular weight is 229 g/mol. The van der Waals surface area contributed by atoms with Gasteiger partial charge in [-0.2, -0.15) is 0 Å². The molecule has 0 amide bonds. The highest BCUT2D eigenvalue weighted by molar-refractivity contribution is 5.95. The summed E-state index contributed by atoms with van der Waals surface area (Å²) in [6.45, 7) is 4.01. The van der Waals surface area contributed by atoms with Crippen LogP contribution in [0, 0.1) is 0 Å². The molecule has 0 aliphatic carbocycles. The molecule has 16 heavy (non-hydrogen) atoms. The third kappa shape index (κ3) is 3.32. The molecule has 1 heterocycles. The van der Waals surface area contributed by atoms with Crippen molar-refractivity contribution in [3.8, 4) is 0 Å². The van der Waals surface area contributed by atoms with Crippen LogP contribution in [-0.2, 0) is 14.3 Å². The number of rotatable bonds is 4. The van der Waals surface area contributed by atoms with Crippen LogP contribution in [0.2, 0.25) is 0 Å². The first-order valence-corrected chi connectivity index (χ1v) is 5.02. The van der Waals surface area contributed by atoms with Crippen molar-refractivity contribution < 1.29 is 24.5 Å². The van der Waals surface area contributed by atoms with Gasteiger partial charge in [-0.05, 0) is 6.92 Å². The van der Waals surface area contributed by atoms with Gasteiger partial charge in [-0.1, -0.05) is 0 Å². The Morgan fingerprint density at radius 2 is 1.88 bits per heavy atom. The summed E-state index contributed by atoms with van der Waals surface area (Å²) in [5.41, 5.74) is -0.102. The van der Waals surface area contributed by atoms with Crippen LogP contribution in [0.15, 0.2) is 11.6 Å². The SMILES string of the molecule is CC(/C(=C\C(=O)O)C(=O)O)N1CCOCC1. The number of aliphatic carboxylic acids is 2.